The van der Waals surface area contributed by atoms with E-state index >= 15 is 0 Å². The number of carbonyl (C=O) groups is 2. The van der Waals surface area contributed by atoms with Crippen molar-refractivity contribution < 1.29 is 18.7 Å². The molecule has 1 unspecified atom stereocenters. The van der Waals surface area contributed by atoms with E-state index in [-0.39, 0.29) is 29.6 Å². The number of halogens is 1. The van der Waals surface area contributed by atoms with Gasteiger partial charge in [0.1, 0.15) is 5.82 Å². The van der Waals surface area contributed by atoms with Crippen LogP contribution in [-0.2, 0) is 9.53 Å². The number of anilines is 1. The Morgan fingerprint density at radius 3 is 2.80 bits per heavy atom. The van der Waals surface area contributed by atoms with Crippen LogP contribution in [0.1, 0.15) is 29.6 Å². The topological polar surface area (TPSA) is 81.4 Å². The molecule has 0 bridgehead atoms. The Bertz CT molecular complexity index is 529. The molecule has 3 N–H and O–H groups in total. The van der Waals surface area contributed by atoms with Gasteiger partial charge in [0.25, 0.3) is 0 Å². The Morgan fingerprint density at radius 1 is 1.50 bits per heavy atom. The van der Waals surface area contributed by atoms with Gasteiger partial charge in [-0.05, 0) is 37.0 Å². The van der Waals surface area contributed by atoms with Crippen molar-refractivity contribution in [2.45, 2.75) is 25.3 Å². The van der Waals surface area contributed by atoms with Gasteiger partial charge in [-0.3, -0.25) is 4.79 Å². The Morgan fingerprint density at radius 2 is 2.20 bits per heavy atom. The normalized spacial score (nSPS) is 15.6. The Kier molecular flexibility index (Phi) is 4.34. The van der Waals surface area contributed by atoms with Crippen molar-refractivity contribution in [1.29, 1.82) is 0 Å². The minimum atomic E-state index is -0.703. The average molecular weight is 280 g/mol. The molecule has 0 spiro atoms. The van der Waals surface area contributed by atoms with Gasteiger partial charge < -0.3 is 15.8 Å². The fraction of sp³-hybridized carbons (Fsp3) is 0.429. The second kappa shape index (κ2) is 6.00. The predicted molar refractivity (Wildman–Crippen MR) is 71.7 cm³/mol. The average Bonchev–Trinajstić information content (AvgIpc) is 3.24. The Hall–Kier alpha value is -1.95. The molecule has 1 amide bonds. The van der Waals surface area contributed by atoms with Crippen LogP contribution in [0.4, 0.5) is 10.1 Å². The molecule has 0 heterocycles. The van der Waals surface area contributed by atoms with Gasteiger partial charge in [0.2, 0.25) is 5.91 Å². The van der Waals surface area contributed by atoms with Crippen LogP contribution in [0.25, 0.3) is 0 Å². The third-order valence-electron chi connectivity index (χ3n) is 3.31. The molecule has 1 aromatic carbocycles. The first-order valence-corrected chi connectivity index (χ1v) is 6.44. The van der Waals surface area contributed by atoms with Gasteiger partial charge in [-0.1, -0.05) is 0 Å². The molecule has 1 saturated carbocycles. The maximum absolute atomic E-state index is 13.2. The zero-order chi connectivity index (χ0) is 14.7. The summed E-state index contributed by atoms with van der Waals surface area (Å²) in [5, 5.41) is 2.58. The molecule has 20 heavy (non-hydrogen) atoms. The zero-order valence-electron chi connectivity index (χ0n) is 11.2. The maximum Gasteiger partial charge on any atom is 0.340 e. The van der Waals surface area contributed by atoms with Crippen LogP contribution in [0.5, 0.6) is 0 Å². The molecular formula is C14H17FN2O3. The van der Waals surface area contributed by atoms with Gasteiger partial charge >= 0.3 is 5.97 Å². The molecule has 1 atom stereocenters. The summed E-state index contributed by atoms with van der Waals surface area (Å²) in [6, 6.07) is 3.37. The van der Waals surface area contributed by atoms with E-state index in [0.29, 0.717) is 5.92 Å². The number of hydrogen-bond acceptors (Lipinski definition) is 4. The standard InChI is InChI=1S/C14H17FN2O3/c1-20-14(19)10-6-9(15)4-5-12(10)17-13(18)7-11(16)8-2-3-8/h4-6,8,11H,2-3,7,16H2,1H3,(H,17,18). The highest BCUT2D eigenvalue weighted by Crippen LogP contribution is 2.33. The van der Waals surface area contributed by atoms with Crippen LogP contribution in [0, 0.1) is 11.7 Å². The van der Waals surface area contributed by atoms with Crippen molar-refractivity contribution in [3.05, 3.63) is 29.6 Å². The number of amides is 1. The van der Waals surface area contributed by atoms with E-state index in [2.05, 4.69) is 10.1 Å². The molecule has 2 rings (SSSR count). The highest BCUT2D eigenvalue weighted by Gasteiger charge is 2.30. The third-order valence-corrected chi connectivity index (χ3v) is 3.31. The van der Waals surface area contributed by atoms with E-state index in [9.17, 15) is 14.0 Å². The molecule has 0 radical (unpaired) electrons. The largest absolute Gasteiger partial charge is 0.465 e. The molecule has 5 nitrogen and oxygen atoms in total. The number of hydrogen-bond donors (Lipinski definition) is 2. The highest BCUT2D eigenvalue weighted by atomic mass is 19.1. The van der Waals surface area contributed by atoms with Crippen LogP contribution in [0.15, 0.2) is 18.2 Å². The van der Waals surface area contributed by atoms with Crippen molar-refractivity contribution in [2.24, 2.45) is 11.7 Å². The summed E-state index contributed by atoms with van der Waals surface area (Å²) in [7, 11) is 1.20. The van der Waals surface area contributed by atoms with E-state index in [1.165, 1.54) is 19.2 Å². The fourth-order valence-electron chi connectivity index (χ4n) is 2.01. The lowest BCUT2D eigenvalue weighted by Crippen LogP contribution is -2.29. The molecule has 1 aliphatic carbocycles. The van der Waals surface area contributed by atoms with Gasteiger partial charge in [-0.2, -0.15) is 0 Å². The van der Waals surface area contributed by atoms with E-state index in [1.807, 2.05) is 0 Å². The van der Waals surface area contributed by atoms with Crippen molar-refractivity contribution in [3.8, 4) is 0 Å². The van der Waals surface area contributed by atoms with Crippen LogP contribution < -0.4 is 11.1 Å². The lowest BCUT2D eigenvalue weighted by atomic mass is 10.1. The number of ether oxygens (including phenoxy) is 1. The van der Waals surface area contributed by atoms with Crippen LogP contribution in [0.3, 0.4) is 0 Å². The predicted octanol–water partition coefficient (Wildman–Crippen LogP) is 1.68. The number of carbonyl (C=O) groups excluding carboxylic acids is 2. The smallest absolute Gasteiger partial charge is 0.340 e. The first-order valence-electron chi connectivity index (χ1n) is 6.44. The molecule has 108 valence electrons. The molecule has 1 aromatic rings. The summed E-state index contributed by atoms with van der Waals surface area (Å²) in [5.74, 6) is -1.15. The maximum atomic E-state index is 13.2. The van der Waals surface area contributed by atoms with E-state index in [1.54, 1.807) is 0 Å². The van der Waals surface area contributed by atoms with Crippen molar-refractivity contribution in [3.63, 3.8) is 0 Å². The molecule has 1 fully saturated rings. The molecular weight excluding hydrogens is 263 g/mol. The third kappa shape index (κ3) is 3.54. The van der Waals surface area contributed by atoms with Gasteiger partial charge in [-0.25, -0.2) is 9.18 Å². The highest BCUT2D eigenvalue weighted by molar-refractivity contribution is 6.01. The van der Waals surface area contributed by atoms with Crippen molar-refractivity contribution in [1.82, 2.24) is 0 Å². The molecule has 0 aliphatic heterocycles. The Balaban J connectivity index is 2.07. The Labute approximate surface area is 116 Å². The zero-order valence-corrected chi connectivity index (χ0v) is 11.2. The molecule has 1 aliphatic rings. The number of nitrogens with two attached hydrogens (primary N) is 1. The second-order valence-electron chi connectivity index (χ2n) is 4.94. The quantitative estimate of drug-likeness (QED) is 0.804. The number of rotatable bonds is 5. The molecule has 0 aromatic heterocycles. The van der Waals surface area contributed by atoms with E-state index in [0.717, 1.165) is 18.9 Å². The number of esters is 1. The summed E-state index contributed by atoms with van der Waals surface area (Å²) in [6.07, 6.45) is 2.29. The lowest BCUT2D eigenvalue weighted by Gasteiger charge is -2.12. The second-order valence-corrected chi connectivity index (χ2v) is 4.94. The van der Waals surface area contributed by atoms with Crippen LogP contribution in [-0.4, -0.2) is 25.0 Å². The van der Waals surface area contributed by atoms with E-state index in [4.69, 9.17) is 5.73 Å². The summed E-state index contributed by atoms with van der Waals surface area (Å²) in [4.78, 5) is 23.4. The van der Waals surface area contributed by atoms with Gasteiger partial charge in [0, 0.05) is 12.5 Å². The number of methoxy groups -OCH3 is 1. The SMILES string of the molecule is COC(=O)c1cc(F)ccc1NC(=O)CC(N)C1CC1. The number of benzene rings is 1. The van der Waals surface area contributed by atoms with Gasteiger partial charge in [0.15, 0.2) is 0 Å². The van der Waals surface area contributed by atoms with Crippen LogP contribution in [0.2, 0.25) is 0 Å². The summed E-state index contributed by atoms with van der Waals surface area (Å²) in [5.41, 5.74) is 6.08. The molecule has 0 saturated heterocycles. The first kappa shape index (κ1) is 14.5. The summed E-state index contributed by atoms with van der Waals surface area (Å²) >= 11 is 0. The van der Waals surface area contributed by atoms with Crippen LogP contribution >= 0.6 is 0 Å². The monoisotopic (exact) mass is 280 g/mol. The number of nitrogens with one attached hydrogen (secondary N) is 1. The van der Waals surface area contributed by atoms with Gasteiger partial charge in [-0.15, -0.1) is 0 Å². The summed E-state index contributed by atoms with van der Waals surface area (Å²) < 4.78 is 17.7. The van der Waals surface area contributed by atoms with E-state index < -0.39 is 11.8 Å². The van der Waals surface area contributed by atoms with Gasteiger partial charge in [0.05, 0.1) is 18.4 Å². The minimum Gasteiger partial charge on any atom is -0.465 e. The molecule has 6 heteroatoms. The lowest BCUT2D eigenvalue weighted by molar-refractivity contribution is -0.116. The fourth-order valence-corrected chi connectivity index (χ4v) is 2.01. The minimum absolute atomic E-state index is 0.0131. The van der Waals surface area contributed by atoms with Crippen molar-refractivity contribution in [2.75, 3.05) is 12.4 Å². The van der Waals surface area contributed by atoms with Crippen molar-refractivity contribution >= 4 is 17.6 Å². The first-order chi connectivity index (χ1) is 9.51. The summed E-state index contributed by atoms with van der Waals surface area (Å²) in [6.45, 7) is 0.